The molecule has 1 amide bonds. The van der Waals surface area contributed by atoms with Gasteiger partial charge in [0.2, 0.25) is 0 Å². The predicted molar refractivity (Wildman–Crippen MR) is 117 cm³/mol. The van der Waals surface area contributed by atoms with Gasteiger partial charge in [0, 0.05) is 68.5 Å². The standard InChI is InChI=1S/C25H30N4O/c30-24(19-12-18-6-4-5-9-22(18)26-13-19)27-23-20-14-28-10-11-29(15-20)17-25(23,16-28)21-7-2-1-3-8-21/h1-3,7-8,12-13,20,23H,4-6,9-11,14-17H2,(H,27,30)/t20?,23-,25?/m0/s1. The second-order valence-electron chi connectivity index (χ2n) is 9.74. The van der Waals surface area contributed by atoms with Gasteiger partial charge in [-0.1, -0.05) is 30.3 Å². The first kappa shape index (κ1) is 18.5. The van der Waals surface area contributed by atoms with E-state index in [9.17, 15) is 4.79 Å². The molecule has 156 valence electrons. The van der Waals surface area contributed by atoms with Gasteiger partial charge in [0.05, 0.1) is 5.56 Å². The molecule has 5 heteroatoms. The Balaban J connectivity index is 1.34. The molecular weight excluding hydrogens is 372 g/mol. The minimum absolute atomic E-state index is 0.0454. The van der Waals surface area contributed by atoms with Crippen molar-refractivity contribution < 1.29 is 4.79 Å². The third-order valence-corrected chi connectivity index (χ3v) is 7.86. The number of amides is 1. The van der Waals surface area contributed by atoms with Crippen molar-refractivity contribution in [2.45, 2.75) is 37.1 Å². The number of carbonyl (C=O) groups is 1. The quantitative estimate of drug-likeness (QED) is 0.856. The van der Waals surface area contributed by atoms with Crippen molar-refractivity contribution in [3.63, 3.8) is 0 Å². The molecule has 5 aliphatic rings. The fourth-order valence-electron chi connectivity index (χ4n) is 6.51. The average Bonchev–Trinajstić information content (AvgIpc) is 3.04. The number of carbonyl (C=O) groups excluding carboxylic acids is 1. The van der Waals surface area contributed by atoms with Crippen molar-refractivity contribution in [3.05, 3.63) is 65.0 Å². The van der Waals surface area contributed by atoms with E-state index in [0.29, 0.717) is 5.92 Å². The molecule has 1 N–H and O–H groups in total. The van der Waals surface area contributed by atoms with Gasteiger partial charge in [-0.3, -0.25) is 9.78 Å². The number of piperidine rings is 2. The lowest BCUT2D eigenvalue weighted by atomic mass is 9.64. The Bertz CT molecular complexity index is 943. The summed E-state index contributed by atoms with van der Waals surface area (Å²) in [6.45, 7) is 6.49. The van der Waals surface area contributed by atoms with Gasteiger partial charge in [-0.25, -0.2) is 0 Å². The minimum Gasteiger partial charge on any atom is -0.348 e. The van der Waals surface area contributed by atoms with Gasteiger partial charge in [0.1, 0.15) is 0 Å². The highest BCUT2D eigenvalue weighted by Gasteiger charge is 2.55. The lowest BCUT2D eigenvalue weighted by Crippen LogP contribution is -2.70. The molecule has 5 nitrogen and oxygen atoms in total. The lowest BCUT2D eigenvalue weighted by molar-refractivity contribution is 0.0180. The van der Waals surface area contributed by atoms with Crippen molar-refractivity contribution in [2.75, 3.05) is 39.3 Å². The van der Waals surface area contributed by atoms with Crippen LogP contribution >= 0.6 is 0 Å². The van der Waals surface area contributed by atoms with Crippen molar-refractivity contribution in [2.24, 2.45) is 5.92 Å². The van der Waals surface area contributed by atoms with Gasteiger partial charge in [-0.15, -0.1) is 0 Å². The van der Waals surface area contributed by atoms with Gasteiger partial charge in [0.25, 0.3) is 5.91 Å². The second-order valence-corrected chi connectivity index (χ2v) is 9.74. The number of aromatic nitrogens is 1. The molecule has 7 rings (SSSR count). The lowest BCUT2D eigenvalue weighted by Gasteiger charge is -2.55. The zero-order valence-electron chi connectivity index (χ0n) is 17.5. The molecule has 1 aromatic heterocycles. The van der Waals surface area contributed by atoms with Crippen LogP contribution in [0, 0.1) is 5.92 Å². The van der Waals surface area contributed by atoms with Crippen LogP contribution in [0.5, 0.6) is 0 Å². The molecule has 1 aromatic carbocycles. The van der Waals surface area contributed by atoms with Crippen LogP contribution in [-0.2, 0) is 18.3 Å². The third-order valence-electron chi connectivity index (χ3n) is 7.86. The van der Waals surface area contributed by atoms with E-state index in [0.717, 1.165) is 57.7 Å². The summed E-state index contributed by atoms with van der Waals surface area (Å²) >= 11 is 0. The predicted octanol–water partition coefficient (Wildman–Crippen LogP) is 2.26. The molecule has 0 radical (unpaired) electrons. The summed E-state index contributed by atoms with van der Waals surface area (Å²) in [7, 11) is 0. The van der Waals surface area contributed by atoms with E-state index in [1.165, 1.54) is 29.7 Å². The smallest absolute Gasteiger partial charge is 0.253 e. The molecule has 30 heavy (non-hydrogen) atoms. The topological polar surface area (TPSA) is 48.5 Å². The maximum Gasteiger partial charge on any atom is 0.253 e. The SMILES string of the molecule is O=C(N[C@H]1C2CN3CCN(C2)CC1(c1ccccc1)C3)c1cnc2c(c1)CCCC2. The highest BCUT2D eigenvalue weighted by atomic mass is 16.1. The highest BCUT2D eigenvalue weighted by molar-refractivity contribution is 5.94. The number of aryl methyl sites for hydroxylation is 2. The van der Waals surface area contributed by atoms with E-state index in [-0.39, 0.29) is 17.4 Å². The first-order chi connectivity index (χ1) is 14.7. The second kappa shape index (κ2) is 7.17. The fraction of sp³-hybridized carbons (Fsp3) is 0.520. The van der Waals surface area contributed by atoms with Crippen molar-refractivity contribution in [1.29, 1.82) is 0 Å². The maximum absolute atomic E-state index is 13.4. The van der Waals surface area contributed by atoms with E-state index in [1.807, 2.05) is 0 Å². The number of hydrogen-bond acceptors (Lipinski definition) is 4. The molecule has 0 spiro atoms. The molecule has 5 heterocycles. The molecule has 2 unspecified atom stereocenters. The van der Waals surface area contributed by atoms with Crippen molar-refractivity contribution in [3.8, 4) is 0 Å². The Kier molecular flexibility index (Phi) is 4.43. The number of pyridine rings is 1. The largest absolute Gasteiger partial charge is 0.348 e. The van der Waals surface area contributed by atoms with Crippen molar-refractivity contribution >= 4 is 5.91 Å². The van der Waals surface area contributed by atoms with Crippen LogP contribution in [-0.4, -0.2) is 66.0 Å². The first-order valence-electron chi connectivity index (χ1n) is 11.5. The zero-order chi connectivity index (χ0) is 20.1. The van der Waals surface area contributed by atoms with Crippen LogP contribution in [0.1, 0.15) is 40.0 Å². The van der Waals surface area contributed by atoms with Gasteiger partial charge >= 0.3 is 0 Å². The van der Waals surface area contributed by atoms with Gasteiger partial charge < -0.3 is 15.1 Å². The Morgan fingerprint density at radius 2 is 1.77 bits per heavy atom. The fourth-order valence-corrected chi connectivity index (χ4v) is 6.51. The summed E-state index contributed by atoms with van der Waals surface area (Å²) < 4.78 is 0. The van der Waals surface area contributed by atoms with E-state index in [2.05, 4.69) is 56.5 Å². The van der Waals surface area contributed by atoms with Crippen LogP contribution < -0.4 is 5.32 Å². The molecule has 4 aliphatic heterocycles. The Labute approximate surface area is 178 Å². The van der Waals surface area contributed by atoms with E-state index in [1.54, 1.807) is 6.20 Å². The molecule has 3 atom stereocenters. The van der Waals surface area contributed by atoms with Crippen LogP contribution in [0.25, 0.3) is 0 Å². The summed E-state index contributed by atoms with van der Waals surface area (Å²) in [5.74, 6) is 0.511. The molecule has 2 aromatic rings. The van der Waals surface area contributed by atoms with Crippen LogP contribution in [0.15, 0.2) is 42.6 Å². The Morgan fingerprint density at radius 3 is 2.53 bits per heavy atom. The maximum atomic E-state index is 13.4. The summed E-state index contributed by atoms with van der Waals surface area (Å²) in [5, 5.41) is 3.52. The zero-order valence-corrected chi connectivity index (χ0v) is 17.5. The summed E-state index contributed by atoms with van der Waals surface area (Å²) in [6.07, 6.45) is 6.30. The average molecular weight is 403 g/mol. The number of benzene rings is 1. The molecule has 4 bridgehead atoms. The third kappa shape index (κ3) is 2.98. The summed E-state index contributed by atoms with van der Waals surface area (Å²) in [5.41, 5.74) is 4.50. The van der Waals surface area contributed by atoms with E-state index in [4.69, 9.17) is 0 Å². The molecule has 1 aliphatic carbocycles. The molecular formula is C25H30N4O. The highest BCUT2D eigenvalue weighted by Crippen LogP contribution is 2.43. The van der Waals surface area contributed by atoms with Gasteiger partial charge in [-0.2, -0.15) is 0 Å². The van der Waals surface area contributed by atoms with E-state index >= 15 is 0 Å². The monoisotopic (exact) mass is 402 g/mol. The normalized spacial score (nSPS) is 34.3. The number of rotatable bonds is 3. The number of nitrogens with zero attached hydrogens (tertiary/aromatic N) is 3. The van der Waals surface area contributed by atoms with Crippen LogP contribution in [0.4, 0.5) is 0 Å². The Morgan fingerprint density at radius 1 is 1.03 bits per heavy atom. The van der Waals surface area contributed by atoms with Crippen LogP contribution in [0.2, 0.25) is 0 Å². The van der Waals surface area contributed by atoms with E-state index < -0.39 is 0 Å². The summed E-state index contributed by atoms with van der Waals surface area (Å²) in [4.78, 5) is 23.3. The minimum atomic E-state index is -0.0454. The first-order valence-corrected chi connectivity index (χ1v) is 11.5. The molecule has 4 fully saturated rings. The molecule has 0 saturated carbocycles. The number of hydrogen-bond donors (Lipinski definition) is 1. The van der Waals surface area contributed by atoms with Gasteiger partial charge in [0.15, 0.2) is 0 Å². The van der Waals surface area contributed by atoms with Crippen LogP contribution in [0.3, 0.4) is 0 Å². The number of nitrogens with one attached hydrogen (secondary N) is 1. The summed E-state index contributed by atoms with van der Waals surface area (Å²) in [6, 6.07) is 13.1. The molecule has 4 saturated heterocycles. The van der Waals surface area contributed by atoms with Gasteiger partial charge in [-0.05, 0) is 42.9 Å². The number of fused-ring (bicyclic) bond motifs is 2. The van der Waals surface area contributed by atoms with Crippen molar-refractivity contribution in [1.82, 2.24) is 20.1 Å². The Hall–Kier alpha value is -2.24.